The molecule has 0 fully saturated rings. The van der Waals surface area contributed by atoms with Crippen LogP contribution in [0.3, 0.4) is 0 Å². The molecule has 0 saturated carbocycles. The van der Waals surface area contributed by atoms with Crippen molar-refractivity contribution in [1.82, 2.24) is 0 Å². The number of anilines is 3. The summed E-state index contributed by atoms with van der Waals surface area (Å²) in [6.45, 7) is 0. The van der Waals surface area contributed by atoms with Gasteiger partial charge < -0.3 is 4.90 Å². The molecule has 10 aromatic rings. The summed E-state index contributed by atoms with van der Waals surface area (Å²) in [5.41, 5.74) is 13.0. The van der Waals surface area contributed by atoms with Crippen LogP contribution >= 0.6 is 11.3 Å². The Morgan fingerprint density at radius 2 is 0.907 bits per heavy atom. The van der Waals surface area contributed by atoms with Crippen molar-refractivity contribution in [3.05, 3.63) is 212 Å². The second-order valence-corrected chi connectivity index (χ2v) is 14.7. The minimum atomic E-state index is 1.10. The quantitative estimate of drug-likeness (QED) is 0.160. The van der Waals surface area contributed by atoms with Crippen molar-refractivity contribution in [2.45, 2.75) is 0 Å². The zero-order valence-corrected chi connectivity index (χ0v) is 30.4. The highest BCUT2D eigenvalue weighted by atomic mass is 32.1. The number of hydrogen-bond donors (Lipinski definition) is 0. The van der Waals surface area contributed by atoms with Crippen LogP contribution in [0.5, 0.6) is 0 Å². The molecule has 0 bridgehead atoms. The van der Waals surface area contributed by atoms with Gasteiger partial charge in [-0.1, -0.05) is 182 Å². The van der Waals surface area contributed by atoms with E-state index in [9.17, 15) is 0 Å². The Kier molecular flexibility index (Phi) is 8.09. The van der Waals surface area contributed by atoms with E-state index in [1.165, 1.54) is 75.5 Å². The van der Waals surface area contributed by atoms with E-state index < -0.39 is 0 Å². The topological polar surface area (TPSA) is 3.24 Å². The number of rotatable bonds is 7. The maximum absolute atomic E-state index is 2.50. The molecule has 2 heteroatoms. The molecule has 1 nitrogen and oxygen atoms in total. The molecule has 0 saturated heterocycles. The average Bonchev–Trinajstić information content (AvgIpc) is 3.64. The fraction of sp³-hybridized carbons (Fsp3) is 0. The van der Waals surface area contributed by atoms with Crippen LogP contribution in [0.2, 0.25) is 0 Å². The zero-order valence-electron chi connectivity index (χ0n) is 29.6. The SMILES string of the molecule is c1ccc(-c2ccc(N(c3ccccc3-c3ccc4ccccc4c3-c3ccccc3)c3cccc4c3sc3ccccc34)cc2-c2ccccc2)cc1. The highest BCUT2D eigenvalue weighted by Crippen LogP contribution is 2.50. The van der Waals surface area contributed by atoms with Gasteiger partial charge in [0.1, 0.15) is 0 Å². The van der Waals surface area contributed by atoms with Crippen molar-refractivity contribution in [1.29, 1.82) is 0 Å². The van der Waals surface area contributed by atoms with E-state index in [2.05, 4.69) is 217 Å². The Morgan fingerprint density at radius 1 is 0.333 bits per heavy atom. The van der Waals surface area contributed by atoms with Crippen molar-refractivity contribution in [3.63, 3.8) is 0 Å². The number of para-hydroxylation sites is 1. The molecule has 254 valence electrons. The molecular formula is C52H35NS. The van der Waals surface area contributed by atoms with E-state index >= 15 is 0 Å². The summed E-state index contributed by atoms with van der Waals surface area (Å²) >= 11 is 1.87. The Labute approximate surface area is 319 Å². The first-order chi connectivity index (χ1) is 26.8. The van der Waals surface area contributed by atoms with Crippen LogP contribution in [-0.2, 0) is 0 Å². The van der Waals surface area contributed by atoms with Crippen molar-refractivity contribution in [2.24, 2.45) is 0 Å². The molecule has 10 rings (SSSR count). The zero-order chi connectivity index (χ0) is 35.8. The van der Waals surface area contributed by atoms with Gasteiger partial charge in [0.05, 0.1) is 16.1 Å². The standard InChI is InChI=1S/C52H35NS/c1-4-17-36(18-5-1)41-34-32-40(35-47(41)37-19-6-2-7-20-37)53(49-29-16-27-46-44-26-13-15-30-50(44)54-52(46)49)48-28-14-12-25-43(48)45-33-31-38-21-10-11-24-42(38)51(45)39-22-8-3-9-23-39/h1-35H. The molecule has 0 aliphatic heterocycles. The average molecular weight is 706 g/mol. The highest BCUT2D eigenvalue weighted by Gasteiger charge is 2.24. The third kappa shape index (κ3) is 5.56. The van der Waals surface area contributed by atoms with Gasteiger partial charge in [0.15, 0.2) is 0 Å². The molecule has 9 aromatic carbocycles. The summed E-state index contributed by atoms with van der Waals surface area (Å²) < 4.78 is 2.56. The first kappa shape index (κ1) is 32.0. The van der Waals surface area contributed by atoms with E-state index in [1.54, 1.807) is 0 Å². The van der Waals surface area contributed by atoms with E-state index in [0.717, 1.165) is 17.1 Å². The van der Waals surface area contributed by atoms with Crippen LogP contribution < -0.4 is 4.90 Å². The summed E-state index contributed by atoms with van der Waals surface area (Å²) in [6, 6.07) is 77.2. The van der Waals surface area contributed by atoms with Gasteiger partial charge >= 0.3 is 0 Å². The predicted octanol–water partition coefficient (Wildman–Crippen LogP) is 15.3. The van der Waals surface area contributed by atoms with Gasteiger partial charge in [0.2, 0.25) is 0 Å². The third-order valence-electron chi connectivity index (χ3n) is 10.5. The van der Waals surface area contributed by atoms with Gasteiger partial charge in [-0.05, 0) is 80.0 Å². The lowest BCUT2D eigenvalue weighted by Gasteiger charge is -2.30. The van der Waals surface area contributed by atoms with Gasteiger partial charge in [0.25, 0.3) is 0 Å². The van der Waals surface area contributed by atoms with Gasteiger partial charge in [-0.2, -0.15) is 0 Å². The minimum absolute atomic E-state index is 1.10. The Morgan fingerprint density at radius 3 is 1.69 bits per heavy atom. The van der Waals surface area contributed by atoms with Crippen molar-refractivity contribution in [3.8, 4) is 44.5 Å². The molecule has 0 N–H and O–H groups in total. The number of benzene rings is 9. The summed E-state index contributed by atoms with van der Waals surface area (Å²) in [4.78, 5) is 2.50. The maximum Gasteiger partial charge on any atom is 0.0640 e. The summed E-state index contributed by atoms with van der Waals surface area (Å²) in [7, 11) is 0. The van der Waals surface area contributed by atoms with Gasteiger partial charge in [-0.25, -0.2) is 0 Å². The monoisotopic (exact) mass is 705 g/mol. The van der Waals surface area contributed by atoms with Gasteiger partial charge in [-0.3, -0.25) is 0 Å². The van der Waals surface area contributed by atoms with Gasteiger partial charge in [-0.15, -0.1) is 11.3 Å². The van der Waals surface area contributed by atoms with Crippen LogP contribution in [0.15, 0.2) is 212 Å². The molecular weight excluding hydrogens is 671 g/mol. The Bertz CT molecular complexity index is 2930. The second-order valence-electron chi connectivity index (χ2n) is 13.6. The number of fused-ring (bicyclic) bond motifs is 4. The summed E-state index contributed by atoms with van der Waals surface area (Å²) in [5.74, 6) is 0. The maximum atomic E-state index is 2.50. The highest BCUT2D eigenvalue weighted by molar-refractivity contribution is 7.26. The molecule has 0 spiro atoms. The molecule has 1 heterocycles. The summed E-state index contributed by atoms with van der Waals surface area (Å²) in [5, 5.41) is 5.04. The van der Waals surface area contributed by atoms with E-state index in [-0.39, 0.29) is 0 Å². The molecule has 0 amide bonds. The van der Waals surface area contributed by atoms with Crippen LogP contribution in [0.25, 0.3) is 75.5 Å². The molecule has 1 aromatic heterocycles. The predicted molar refractivity (Wildman–Crippen MR) is 233 cm³/mol. The van der Waals surface area contributed by atoms with Crippen LogP contribution in [0.1, 0.15) is 0 Å². The number of hydrogen-bond acceptors (Lipinski definition) is 2. The lowest BCUT2D eigenvalue weighted by Crippen LogP contribution is -2.12. The summed E-state index contributed by atoms with van der Waals surface area (Å²) in [6.07, 6.45) is 0. The molecule has 0 unspecified atom stereocenters. The smallest absolute Gasteiger partial charge is 0.0640 e. The van der Waals surface area contributed by atoms with Crippen LogP contribution in [0, 0.1) is 0 Å². The van der Waals surface area contributed by atoms with Crippen LogP contribution in [-0.4, -0.2) is 0 Å². The van der Waals surface area contributed by atoms with Crippen molar-refractivity contribution >= 4 is 59.3 Å². The molecule has 0 radical (unpaired) electrons. The number of thiophene rings is 1. The molecule has 0 atom stereocenters. The third-order valence-corrected chi connectivity index (χ3v) is 11.7. The second kappa shape index (κ2) is 13.7. The van der Waals surface area contributed by atoms with Crippen LogP contribution in [0.4, 0.5) is 17.1 Å². The lowest BCUT2D eigenvalue weighted by atomic mass is 9.88. The van der Waals surface area contributed by atoms with Crippen molar-refractivity contribution in [2.75, 3.05) is 4.90 Å². The fourth-order valence-corrected chi connectivity index (χ4v) is 9.23. The first-order valence-corrected chi connectivity index (χ1v) is 19.3. The molecule has 0 aliphatic carbocycles. The Hall–Kier alpha value is -6.74. The first-order valence-electron chi connectivity index (χ1n) is 18.4. The largest absolute Gasteiger partial charge is 0.308 e. The van der Waals surface area contributed by atoms with Crippen molar-refractivity contribution < 1.29 is 0 Å². The Balaban J connectivity index is 1.28. The normalized spacial score (nSPS) is 11.3. The molecule has 54 heavy (non-hydrogen) atoms. The van der Waals surface area contributed by atoms with E-state index in [0.29, 0.717) is 0 Å². The minimum Gasteiger partial charge on any atom is -0.308 e. The number of nitrogens with zero attached hydrogens (tertiary/aromatic N) is 1. The van der Waals surface area contributed by atoms with Gasteiger partial charge in [0, 0.05) is 26.7 Å². The van der Waals surface area contributed by atoms with E-state index in [1.807, 2.05) is 11.3 Å². The molecule has 0 aliphatic rings. The van der Waals surface area contributed by atoms with E-state index in [4.69, 9.17) is 0 Å². The fourth-order valence-electron chi connectivity index (χ4n) is 8.02. The lowest BCUT2D eigenvalue weighted by molar-refractivity contribution is 1.30.